The molecule has 7 nitrogen and oxygen atoms in total. The number of thiazole rings is 1. The maximum absolute atomic E-state index is 12.9. The number of rotatable bonds is 5. The zero-order valence-corrected chi connectivity index (χ0v) is 16.8. The standard InChI is InChI=1S/C19H20N4O3S2/c24-18(15-3-1-10-26-15)21-17-5-4-16(28-17)19(25)23-7-2-6-22(8-9-23)11-14-12-27-13-20-14/h1,3-5,10,12-13H,2,6-9,11H2,(H,21,24). The topological polar surface area (TPSA) is 78.7 Å². The van der Waals surface area contributed by atoms with Gasteiger partial charge in [0.05, 0.1) is 27.3 Å². The minimum Gasteiger partial charge on any atom is -0.459 e. The van der Waals surface area contributed by atoms with E-state index >= 15 is 0 Å². The van der Waals surface area contributed by atoms with Crippen LogP contribution in [0.4, 0.5) is 5.00 Å². The Kier molecular flexibility index (Phi) is 5.84. The van der Waals surface area contributed by atoms with Crippen LogP contribution in [0.25, 0.3) is 0 Å². The van der Waals surface area contributed by atoms with E-state index in [1.807, 2.05) is 10.4 Å². The van der Waals surface area contributed by atoms with Crippen LogP contribution in [-0.4, -0.2) is 52.8 Å². The van der Waals surface area contributed by atoms with Crippen LogP contribution >= 0.6 is 22.7 Å². The van der Waals surface area contributed by atoms with Crippen LogP contribution < -0.4 is 5.32 Å². The predicted octanol–water partition coefficient (Wildman–Crippen LogP) is 3.40. The zero-order valence-electron chi connectivity index (χ0n) is 15.2. The molecule has 0 bridgehead atoms. The van der Waals surface area contributed by atoms with Crippen LogP contribution in [0.5, 0.6) is 0 Å². The average Bonchev–Trinajstić information content (AvgIpc) is 3.43. The summed E-state index contributed by atoms with van der Waals surface area (Å²) in [5.74, 6) is -0.0636. The number of hydrogen-bond donors (Lipinski definition) is 1. The number of hydrogen-bond acceptors (Lipinski definition) is 7. The highest BCUT2D eigenvalue weighted by molar-refractivity contribution is 7.18. The van der Waals surface area contributed by atoms with Gasteiger partial charge in [-0.1, -0.05) is 0 Å². The van der Waals surface area contributed by atoms with Gasteiger partial charge in [0, 0.05) is 38.1 Å². The minimum absolute atomic E-state index is 0.0130. The van der Waals surface area contributed by atoms with E-state index in [0.29, 0.717) is 16.4 Å². The summed E-state index contributed by atoms with van der Waals surface area (Å²) in [6.45, 7) is 4.04. The lowest BCUT2D eigenvalue weighted by Crippen LogP contribution is -2.34. The SMILES string of the molecule is O=C(Nc1ccc(C(=O)N2CCCN(Cc3cscn3)CC2)s1)c1ccco1. The molecule has 3 aromatic heterocycles. The van der Waals surface area contributed by atoms with Crippen LogP contribution in [0.3, 0.4) is 0 Å². The average molecular weight is 417 g/mol. The number of carbonyl (C=O) groups is 2. The van der Waals surface area contributed by atoms with Crippen molar-refractivity contribution in [3.63, 3.8) is 0 Å². The van der Waals surface area contributed by atoms with Gasteiger partial charge in [0.1, 0.15) is 0 Å². The molecule has 9 heteroatoms. The number of nitrogens with one attached hydrogen (secondary N) is 1. The van der Waals surface area contributed by atoms with Crippen molar-refractivity contribution < 1.29 is 14.0 Å². The van der Waals surface area contributed by atoms with Gasteiger partial charge in [0.25, 0.3) is 11.8 Å². The third-order valence-electron chi connectivity index (χ3n) is 4.54. The van der Waals surface area contributed by atoms with Crippen molar-refractivity contribution in [3.8, 4) is 0 Å². The molecule has 0 aliphatic carbocycles. The molecule has 0 spiro atoms. The minimum atomic E-state index is -0.321. The molecule has 28 heavy (non-hydrogen) atoms. The Labute approximate surface area is 170 Å². The van der Waals surface area contributed by atoms with E-state index in [1.165, 1.54) is 17.6 Å². The molecule has 146 valence electrons. The van der Waals surface area contributed by atoms with Gasteiger partial charge < -0.3 is 14.6 Å². The molecule has 1 saturated heterocycles. The number of anilines is 1. The van der Waals surface area contributed by atoms with E-state index < -0.39 is 0 Å². The number of thiophene rings is 1. The largest absolute Gasteiger partial charge is 0.459 e. The Morgan fingerprint density at radius 1 is 1.18 bits per heavy atom. The molecule has 2 amide bonds. The fourth-order valence-corrected chi connectivity index (χ4v) is 4.55. The first kappa shape index (κ1) is 18.9. The van der Waals surface area contributed by atoms with E-state index in [-0.39, 0.29) is 17.6 Å². The molecule has 4 heterocycles. The molecule has 1 aliphatic rings. The third kappa shape index (κ3) is 4.49. The number of carbonyl (C=O) groups excluding carboxylic acids is 2. The van der Waals surface area contributed by atoms with Gasteiger partial charge in [0.15, 0.2) is 5.76 Å². The van der Waals surface area contributed by atoms with Crippen LogP contribution in [0.1, 0.15) is 32.3 Å². The highest BCUT2D eigenvalue weighted by Gasteiger charge is 2.22. The van der Waals surface area contributed by atoms with Gasteiger partial charge >= 0.3 is 0 Å². The summed E-state index contributed by atoms with van der Waals surface area (Å²) >= 11 is 2.89. The summed E-state index contributed by atoms with van der Waals surface area (Å²) in [6, 6.07) is 6.78. The quantitative estimate of drug-likeness (QED) is 0.690. The summed E-state index contributed by atoms with van der Waals surface area (Å²) < 4.78 is 5.09. The fourth-order valence-electron chi connectivity index (χ4n) is 3.13. The number of aromatic nitrogens is 1. The van der Waals surface area contributed by atoms with Gasteiger partial charge in [0.2, 0.25) is 0 Å². The second-order valence-electron chi connectivity index (χ2n) is 6.50. The highest BCUT2D eigenvalue weighted by atomic mass is 32.1. The Bertz CT molecular complexity index is 921. The lowest BCUT2D eigenvalue weighted by Gasteiger charge is -2.21. The van der Waals surface area contributed by atoms with E-state index in [0.717, 1.165) is 38.3 Å². The normalized spacial score (nSPS) is 15.4. The molecule has 4 rings (SSSR count). The van der Waals surface area contributed by atoms with Gasteiger partial charge in [-0.2, -0.15) is 0 Å². The molecular formula is C19H20N4O3S2. The molecule has 0 atom stereocenters. The number of nitrogens with zero attached hydrogens (tertiary/aromatic N) is 3. The van der Waals surface area contributed by atoms with Crippen molar-refractivity contribution in [3.05, 3.63) is 57.8 Å². The molecule has 1 aliphatic heterocycles. The second-order valence-corrected chi connectivity index (χ2v) is 8.30. The maximum Gasteiger partial charge on any atom is 0.291 e. The van der Waals surface area contributed by atoms with E-state index in [4.69, 9.17) is 4.42 Å². The monoisotopic (exact) mass is 416 g/mol. The first-order chi connectivity index (χ1) is 13.7. The first-order valence-corrected chi connectivity index (χ1v) is 10.8. The van der Waals surface area contributed by atoms with E-state index in [2.05, 4.69) is 20.6 Å². The Morgan fingerprint density at radius 2 is 2.11 bits per heavy atom. The zero-order chi connectivity index (χ0) is 19.3. The number of amides is 2. The molecule has 3 aromatic rings. The van der Waals surface area contributed by atoms with Crippen molar-refractivity contribution in [2.24, 2.45) is 0 Å². The lowest BCUT2D eigenvalue weighted by atomic mass is 10.3. The Morgan fingerprint density at radius 3 is 2.89 bits per heavy atom. The van der Waals surface area contributed by atoms with Crippen molar-refractivity contribution in [2.45, 2.75) is 13.0 Å². The second kappa shape index (κ2) is 8.68. The van der Waals surface area contributed by atoms with Crippen LogP contribution in [0.2, 0.25) is 0 Å². The van der Waals surface area contributed by atoms with Crippen LogP contribution in [0, 0.1) is 0 Å². The third-order valence-corrected chi connectivity index (χ3v) is 6.17. The van der Waals surface area contributed by atoms with Gasteiger partial charge in [-0.15, -0.1) is 22.7 Å². The van der Waals surface area contributed by atoms with Crippen molar-refractivity contribution in [1.29, 1.82) is 0 Å². The Hall–Kier alpha value is -2.49. The van der Waals surface area contributed by atoms with Crippen molar-refractivity contribution in [2.75, 3.05) is 31.5 Å². The van der Waals surface area contributed by atoms with Crippen LogP contribution in [0.15, 0.2) is 45.8 Å². The Balaban J connectivity index is 1.34. The molecule has 0 aromatic carbocycles. The molecule has 0 radical (unpaired) electrons. The predicted molar refractivity (Wildman–Crippen MR) is 109 cm³/mol. The van der Waals surface area contributed by atoms with E-state index in [9.17, 15) is 9.59 Å². The molecule has 0 unspecified atom stereocenters. The summed E-state index contributed by atoms with van der Waals surface area (Å²) in [7, 11) is 0. The fraction of sp³-hybridized carbons (Fsp3) is 0.316. The summed E-state index contributed by atoms with van der Waals surface area (Å²) in [5.41, 5.74) is 2.93. The van der Waals surface area contributed by atoms with Gasteiger partial charge in [-0.25, -0.2) is 4.98 Å². The van der Waals surface area contributed by atoms with Gasteiger partial charge in [-0.05, 0) is 30.7 Å². The molecule has 1 N–H and O–H groups in total. The highest BCUT2D eigenvalue weighted by Crippen LogP contribution is 2.24. The summed E-state index contributed by atoms with van der Waals surface area (Å²) in [5, 5.41) is 5.46. The molecule has 1 fully saturated rings. The van der Waals surface area contributed by atoms with Gasteiger partial charge in [-0.3, -0.25) is 14.5 Å². The van der Waals surface area contributed by atoms with Crippen molar-refractivity contribution >= 4 is 39.5 Å². The smallest absolute Gasteiger partial charge is 0.291 e. The van der Waals surface area contributed by atoms with E-state index in [1.54, 1.807) is 35.6 Å². The lowest BCUT2D eigenvalue weighted by molar-refractivity contribution is 0.0765. The van der Waals surface area contributed by atoms with Crippen LogP contribution in [-0.2, 0) is 6.54 Å². The van der Waals surface area contributed by atoms with Crippen molar-refractivity contribution in [1.82, 2.24) is 14.8 Å². The number of furan rings is 1. The first-order valence-electron chi connectivity index (χ1n) is 9.02. The maximum atomic E-state index is 12.9. The summed E-state index contributed by atoms with van der Waals surface area (Å²) in [4.78, 5) is 34.1. The molecule has 0 saturated carbocycles. The summed E-state index contributed by atoms with van der Waals surface area (Å²) in [6.07, 6.45) is 2.39. The molecular weight excluding hydrogens is 396 g/mol.